The lowest BCUT2D eigenvalue weighted by molar-refractivity contribution is -0.870. The van der Waals surface area contributed by atoms with Crippen molar-refractivity contribution in [3.63, 3.8) is 0 Å². The number of carbonyl (C=O) groups excluding carboxylic acids is 1. The highest BCUT2D eigenvalue weighted by atomic mass is 31.2. The molecule has 1 amide bonds. The van der Waals surface area contributed by atoms with Gasteiger partial charge in [0.15, 0.2) is 0 Å². The second kappa shape index (κ2) is 53.3. The van der Waals surface area contributed by atoms with Crippen LogP contribution in [-0.4, -0.2) is 68.5 Å². The fraction of sp³-hybridized carbons (Fsp3) is 0.855. The number of hydrogen-bond donors (Lipinski definition) is 2. The smallest absolute Gasteiger partial charge is 0.268 e. The number of aliphatic hydroxyl groups is 1. The van der Waals surface area contributed by atoms with Gasteiger partial charge < -0.3 is 28.8 Å². The van der Waals surface area contributed by atoms with E-state index in [1.807, 2.05) is 27.2 Å². The zero-order valence-electron chi connectivity index (χ0n) is 47.7. The van der Waals surface area contributed by atoms with Gasteiger partial charge in [-0.25, -0.2) is 0 Å². The average molecular weight is 1020 g/mol. The van der Waals surface area contributed by atoms with Crippen molar-refractivity contribution in [3.05, 3.63) is 48.6 Å². The SMILES string of the molecule is CCCCCCC/C=C\C/C=C\C/C=C\CCCCCCCCCCCCC(=O)NC(COP(=O)([O-])OCC[N+](C)(C)C)C(O)/C=C/CCCCCCCCCCCCCCCCCCCCCCCC. The van der Waals surface area contributed by atoms with E-state index in [9.17, 15) is 19.4 Å². The molecule has 0 saturated heterocycles. The molecule has 0 spiro atoms. The molecule has 0 aliphatic carbocycles. The Bertz CT molecular complexity index is 1290. The molecule has 71 heavy (non-hydrogen) atoms. The number of phosphoric acid groups is 1. The van der Waals surface area contributed by atoms with E-state index >= 15 is 0 Å². The summed E-state index contributed by atoms with van der Waals surface area (Å²) in [6, 6.07) is -0.891. The monoisotopic (exact) mass is 1020 g/mol. The van der Waals surface area contributed by atoms with Crippen LogP contribution in [0.3, 0.4) is 0 Å². The third-order valence-electron chi connectivity index (χ3n) is 13.8. The molecule has 0 aromatic heterocycles. The van der Waals surface area contributed by atoms with Crippen LogP contribution in [0.1, 0.15) is 290 Å². The molecule has 0 aromatic carbocycles. The summed E-state index contributed by atoms with van der Waals surface area (Å²) in [6.45, 7) is 4.67. The maximum Gasteiger partial charge on any atom is 0.268 e. The van der Waals surface area contributed by atoms with Gasteiger partial charge in [-0.05, 0) is 57.8 Å². The molecule has 9 heteroatoms. The van der Waals surface area contributed by atoms with E-state index in [0.717, 1.165) is 51.4 Å². The average Bonchev–Trinajstić information content (AvgIpc) is 3.33. The van der Waals surface area contributed by atoms with Crippen LogP contribution in [0.5, 0.6) is 0 Å². The molecule has 0 aromatic rings. The number of amides is 1. The summed E-state index contributed by atoms with van der Waals surface area (Å²) in [7, 11) is 1.26. The fourth-order valence-electron chi connectivity index (χ4n) is 8.99. The molecular weight excluding hydrogens is 900 g/mol. The molecule has 0 fully saturated rings. The number of aliphatic hydroxyl groups excluding tert-OH is 1. The third-order valence-corrected chi connectivity index (χ3v) is 14.7. The number of unbranched alkanes of at least 4 members (excludes halogenated alkanes) is 37. The molecule has 3 unspecified atom stereocenters. The topological polar surface area (TPSA) is 108 Å². The third kappa shape index (κ3) is 56.0. The summed E-state index contributed by atoms with van der Waals surface area (Å²) >= 11 is 0. The standard InChI is InChI=1S/C62H119N2O6P/c1-6-8-10-12-14-16-18-20-22-24-26-28-30-32-34-36-38-40-42-44-46-48-50-52-54-56-62(66)63-60(59-70-71(67,68)69-58-57-64(3,4)5)61(65)55-53-51-49-47-45-43-41-39-37-35-33-31-29-27-25-23-21-19-17-15-13-11-9-7-2/h18,20,24,26,30,32,53,55,60-61,65H,6-17,19,21-23,25,27-29,31,33-52,54,56-59H2,1-5H3,(H-,63,66,67,68)/b20-18-,26-24-,32-30-,55-53+. The Hall–Kier alpha value is -1.54. The van der Waals surface area contributed by atoms with Crippen LogP contribution in [0, 0.1) is 0 Å². The lowest BCUT2D eigenvalue weighted by Gasteiger charge is -2.29. The number of rotatable bonds is 56. The quantitative estimate of drug-likeness (QED) is 0.0272. The van der Waals surface area contributed by atoms with Crippen molar-refractivity contribution in [1.29, 1.82) is 0 Å². The molecule has 0 heterocycles. The van der Waals surface area contributed by atoms with Gasteiger partial charge in [-0.3, -0.25) is 9.36 Å². The van der Waals surface area contributed by atoms with E-state index in [-0.39, 0.29) is 19.1 Å². The molecule has 0 radical (unpaired) electrons. The molecule has 0 aliphatic heterocycles. The number of nitrogens with one attached hydrogen (secondary N) is 1. The van der Waals surface area contributed by atoms with Crippen molar-refractivity contribution in [2.75, 3.05) is 40.9 Å². The minimum absolute atomic E-state index is 0.00230. The van der Waals surface area contributed by atoms with Crippen molar-refractivity contribution < 1.29 is 32.9 Å². The summed E-state index contributed by atoms with van der Waals surface area (Å²) in [5, 5.41) is 13.9. The van der Waals surface area contributed by atoms with Gasteiger partial charge in [0.05, 0.1) is 39.9 Å². The van der Waals surface area contributed by atoms with Crippen LogP contribution in [0.2, 0.25) is 0 Å². The number of allylic oxidation sites excluding steroid dienone is 7. The van der Waals surface area contributed by atoms with Crippen LogP contribution in [-0.2, 0) is 18.4 Å². The molecular formula is C62H119N2O6P. The fourth-order valence-corrected chi connectivity index (χ4v) is 9.71. The van der Waals surface area contributed by atoms with Gasteiger partial charge in [-0.1, -0.05) is 274 Å². The minimum atomic E-state index is -4.60. The second-order valence-electron chi connectivity index (χ2n) is 22.1. The van der Waals surface area contributed by atoms with Gasteiger partial charge >= 0.3 is 0 Å². The largest absolute Gasteiger partial charge is 0.756 e. The van der Waals surface area contributed by atoms with Crippen molar-refractivity contribution in [2.24, 2.45) is 0 Å². The van der Waals surface area contributed by atoms with E-state index in [0.29, 0.717) is 17.4 Å². The van der Waals surface area contributed by atoms with Gasteiger partial charge in [0.1, 0.15) is 13.2 Å². The number of likely N-dealkylation sites (N-methyl/N-ethyl adjacent to an activating group) is 1. The van der Waals surface area contributed by atoms with E-state index in [1.54, 1.807) is 6.08 Å². The minimum Gasteiger partial charge on any atom is -0.756 e. The Labute approximate surface area is 441 Å². The zero-order chi connectivity index (χ0) is 52.0. The molecule has 3 atom stereocenters. The molecule has 0 bridgehead atoms. The van der Waals surface area contributed by atoms with Crippen molar-refractivity contribution in [2.45, 2.75) is 302 Å². The van der Waals surface area contributed by atoms with Crippen LogP contribution < -0.4 is 10.2 Å². The first kappa shape index (κ1) is 69.5. The van der Waals surface area contributed by atoms with Gasteiger partial charge in [0, 0.05) is 6.42 Å². The summed E-state index contributed by atoms with van der Waals surface area (Å²) < 4.78 is 23.4. The summed E-state index contributed by atoms with van der Waals surface area (Å²) in [5.74, 6) is -0.199. The maximum absolute atomic E-state index is 13.0. The number of phosphoric ester groups is 1. The lowest BCUT2D eigenvalue weighted by Crippen LogP contribution is -2.45. The van der Waals surface area contributed by atoms with E-state index < -0.39 is 20.0 Å². The summed E-state index contributed by atoms with van der Waals surface area (Å²) in [4.78, 5) is 25.5. The predicted molar refractivity (Wildman–Crippen MR) is 307 cm³/mol. The molecule has 418 valence electrons. The lowest BCUT2D eigenvalue weighted by atomic mass is 10.0. The van der Waals surface area contributed by atoms with E-state index in [1.165, 1.54) is 218 Å². The number of quaternary nitrogens is 1. The molecule has 0 aliphatic rings. The van der Waals surface area contributed by atoms with Crippen molar-refractivity contribution >= 4 is 13.7 Å². The van der Waals surface area contributed by atoms with Gasteiger partial charge in [-0.2, -0.15) is 0 Å². The molecule has 8 nitrogen and oxygen atoms in total. The summed E-state index contributed by atoms with van der Waals surface area (Å²) in [6.07, 6.45) is 70.4. The van der Waals surface area contributed by atoms with Crippen LogP contribution >= 0.6 is 7.82 Å². The van der Waals surface area contributed by atoms with Crippen LogP contribution in [0.15, 0.2) is 48.6 Å². The molecule has 0 saturated carbocycles. The Morgan fingerprint density at radius 2 is 0.817 bits per heavy atom. The van der Waals surface area contributed by atoms with Crippen molar-refractivity contribution in [3.8, 4) is 0 Å². The Morgan fingerprint density at radius 1 is 0.493 bits per heavy atom. The first-order chi connectivity index (χ1) is 34.5. The van der Waals surface area contributed by atoms with Crippen molar-refractivity contribution in [1.82, 2.24) is 5.32 Å². The number of nitrogens with zero attached hydrogens (tertiary/aromatic N) is 1. The van der Waals surface area contributed by atoms with Gasteiger partial charge in [0.25, 0.3) is 7.82 Å². The zero-order valence-corrected chi connectivity index (χ0v) is 48.6. The molecule has 2 N–H and O–H groups in total. The van der Waals surface area contributed by atoms with Gasteiger partial charge in [0.2, 0.25) is 5.91 Å². The number of carbonyl (C=O) groups is 1. The normalized spacial score (nSPS) is 14.2. The highest BCUT2D eigenvalue weighted by molar-refractivity contribution is 7.45. The Kier molecular flexibility index (Phi) is 52.1. The first-order valence-corrected chi connectivity index (χ1v) is 32.0. The van der Waals surface area contributed by atoms with Crippen LogP contribution in [0.25, 0.3) is 0 Å². The van der Waals surface area contributed by atoms with E-state index in [4.69, 9.17) is 9.05 Å². The highest BCUT2D eigenvalue weighted by Gasteiger charge is 2.23. The van der Waals surface area contributed by atoms with E-state index in [2.05, 4.69) is 55.6 Å². The first-order valence-electron chi connectivity index (χ1n) is 30.5. The Balaban J connectivity index is 4.20. The Morgan fingerprint density at radius 3 is 1.18 bits per heavy atom. The predicted octanol–water partition coefficient (Wildman–Crippen LogP) is 18.1. The maximum atomic E-state index is 13.0. The van der Waals surface area contributed by atoms with Crippen LogP contribution in [0.4, 0.5) is 0 Å². The summed E-state index contributed by atoms with van der Waals surface area (Å²) in [5.41, 5.74) is 0. The number of hydrogen-bond acceptors (Lipinski definition) is 6. The van der Waals surface area contributed by atoms with Gasteiger partial charge in [-0.15, -0.1) is 0 Å². The molecule has 0 rings (SSSR count). The second-order valence-corrected chi connectivity index (χ2v) is 23.5. The highest BCUT2D eigenvalue weighted by Crippen LogP contribution is 2.38.